The van der Waals surface area contributed by atoms with E-state index in [-0.39, 0.29) is 11.5 Å². The first-order valence-electron chi connectivity index (χ1n) is 6.88. The second kappa shape index (κ2) is 5.83. The zero-order valence-corrected chi connectivity index (χ0v) is 11.7. The average molecular weight is 293 g/mol. The van der Waals surface area contributed by atoms with Gasteiger partial charge in [-0.05, 0) is 35.2 Å². The number of carbonyl (C=O) groups is 1. The lowest BCUT2D eigenvalue weighted by atomic mass is 10.1. The lowest BCUT2D eigenvalue weighted by Gasteiger charge is -2.13. The number of aromatic nitrogens is 1. The van der Waals surface area contributed by atoms with E-state index in [9.17, 15) is 9.59 Å². The second-order valence-electron chi connectivity index (χ2n) is 4.99. The number of amides is 1. The molecule has 0 saturated heterocycles. The van der Waals surface area contributed by atoms with Crippen molar-refractivity contribution >= 4 is 22.4 Å². The fourth-order valence-corrected chi connectivity index (χ4v) is 2.30. The van der Waals surface area contributed by atoms with Crippen LogP contribution in [0.4, 0.5) is 5.69 Å². The summed E-state index contributed by atoms with van der Waals surface area (Å²) in [5, 5.41) is 4.11. The number of pyridine rings is 1. The largest absolute Gasteiger partial charge is 0.329 e. The third-order valence-corrected chi connectivity index (χ3v) is 3.48. The van der Waals surface area contributed by atoms with Gasteiger partial charge in [0.25, 0.3) is 5.56 Å². The van der Waals surface area contributed by atoms with Gasteiger partial charge < -0.3 is 16.0 Å². The third kappa shape index (κ3) is 2.75. The Morgan fingerprint density at radius 1 is 1.09 bits per heavy atom. The highest BCUT2D eigenvalue weighted by molar-refractivity contribution is 5.97. The van der Waals surface area contributed by atoms with Crippen LogP contribution in [-0.4, -0.2) is 10.9 Å². The lowest BCUT2D eigenvalue weighted by Crippen LogP contribution is -2.27. The summed E-state index contributed by atoms with van der Waals surface area (Å²) in [6.07, 6.45) is 1.58. The number of nitrogens with two attached hydrogens (primary N) is 1. The van der Waals surface area contributed by atoms with Gasteiger partial charge in [-0.3, -0.25) is 9.59 Å². The molecule has 1 aromatic heterocycles. The van der Waals surface area contributed by atoms with Crippen molar-refractivity contribution in [3.05, 3.63) is 76.7 Å². The van der Waals surface area contributed by atoms with Crippen molar-refractivity contribution < 1.29 is 4.79 Å². The number of H-pyrrole nitrogens is 1. The smallest absolute Gasteiger partial charge is 0.255 e. The molecule has 0 spiro atoms. The molecule has 5 heteroatoms. The Kier molecular flexibility index (Phi) is 3.72. The van der Waals surface area contributed by atoms with E-state index in [0.29, 0.717) is 11.1 Å². The standard InChI is InChI=1S/C17H15N3O2/c18-15(11-4-2-1-3-5-11)17(22)20-13-6-7-14-12(10-13)8-9-19-16(14)21/h1-10,15H,18H2,(H,19,21)(H,20,22)/t15-/m1/s1. The van der Waals surface area contributed by atoms with E-state index in [0.717, 1.165) is 10.9 Å². The van der Waals surface area contributed by atoms with Crippen molar-refractivity contribution in [1.82, 2.24) is 4.98 Å². The van der Waals surface area contributed by atoms with Gasteiger partial charge in [-0.15, -0.1) is 0 Å². The minimum atomic E-state index is -0.740. The van der Waals surface area contributed by atoms with Crippen LogP contribution in [-0.2, 0) is 4.79 Å². The minimum Gasteiger partial charge on any atom is -0.329 e. The Morgan fingerprint density at radius 2 is 1.86 bits per heavy atom. The molecule has 4 N–H and O–H groups in total. The Hall–Kier alpha value is -2.92. The van der Waals surface area contributed by atoms with Crippen molar-refractivity contribution in [2.24, 2.45) is 5.73 Å². The molecule has 0 saturated carbocycles. The van der Waals surface area contributed by atoms with Crippen LogP contribution < -0.4 is 16.6 Å². The molecule has 1 amide bonds. The van der Waals surface area contributed by atoms with Crippen molar-refractivity contribution in [3.8, 4) is 0 Å². The molecule has 1 atom stereocenters. The van der Waals surface area contributed by atoms with Crippen molar-refractivity contribution in [3.63, 3.8) is 0 Å². The van der Waals surface area contributed by atoms with Crippen LogP contribution in [0.5, 0.6) is 0 Å². The normalized spacial score (nSPS) is 12.0. The highest BCUT2D eigenvalue weighted by Crippen LogP contribution is 2.18. The monoisotopic (exact) mass is 293 g/mol. The van der Waals surface area contributed by atoms with Gasteiger partial charge in [-0.2, -0.15) is 0 Å². The van der Waals surface area contributed by atoms with Gasteiger partial charge in [0.2, 0.25) is 5.91 Å². The van der Waals surface area contributed by atoms with E-state index < -0.39 is 6.04 Å². The zero-order valence-electron chi connectivity index (χ0n) is 11.7. The Labute approximate surface area is 126 Å². The zero-order chi connectivity index (χ0) is 15.5. The average Bonchev–Trinajstić information content (AvgIpc) is 2.55. The number of aromatic amines is 1. The fraction of sp³-hybridized carbons (Fsp3) is 0.0588. The topological polar surface area (TPSA) is 88.0 Å². The van der Waals surface area contributed by atoms with Crippen molar-refractivity contribution in [2.75, 3.05) is 5.32 Å². The quantitative estimate of drug-likeness (QED) is 0.691. The molecule has 2 aromatic carbocycles. The maximum Gasteiger partial charge on any atom is 0.255 e. The number of nitrogens with one attached hydrogen (secondary N) is 2. The molecule has 0 aliphatic heterocycles. The molecule has 0 unspecified atom stereocenters. The molecule has 0 aliphatic carbocycles. The van der Waals surface area contributed by atoms with Gasteiger partial charge in [0, 0.05) is 17.3 Å². The predicted octanol–water partition coefficient (Wildman–Crippen LogP) is 2.17. The van der Waals surface area contributed by atoms with Gasteiger partial charge in [-0.25, -0.2) is 0 Å². The SMILES string of the molecule is N[C@@H](C(=O)Nc1ccc2c(=O)[nH]ccc2c1)c1ccccc1. The number of hydrogen-bond donors (Lipinski definition) is 3. The van der Waals surface area contributed by atoms with E-state index >= 15 is 0 Å². The van der Waals surface area contributed by atoms with E-state index in [4.69, 9.17) is 5.73 Å². The van der Waals surface area contributed by atoms with Gasteiger partial charge in [0.1, 0.15) is 6.04 Å². The van der Waals surface area contributed by atoms with Crippen LogP contribution in [0.1, 0.15) is 11.6 Å². The van der Waals surface area contributed by atoms with E-state index in [2.05, 4.69) is 10.3 Å². The molecule has 0 radical (unpaired) electrons. The molecular weight excluding hydrogens is 278 g/mol. The molecular formula is C17H15N3O2. The van der Waals surface area contributed by atoms with Gasteiger partial charge in [0.15, 0.2) is 0 Å². The number of carbonyl (C=O) groups excluding carboxylic acids is 1. The molecule has 3 rings (SSSR count). The van der Waals surface area contributed by atoms with Crippen LogP contribution in [0.15, 0.2) is 65.6 Å². The third-order valence-electron chi connectivity index (χ3n) is 3.48. The Bertz CT molecular complexity index is 872. The molecule has 0 bridgehead atoms. The maximum absolute atomic E-state index is 12.2. The van der Waals surface area contributed by atoms with Gasteiger partial charge in [0.05, 0.1) is 0 Å². The number of hydrogen-bond acceptors (Lipinski definition) is 3. The van der Waals surface area contributed by atoms with E-state index in [1.54, 1.807) is 30.5 Å². The Balaban J connectivity index is 1.84. The van der Waals surface area contributed by atoms with Crippen LogP contribution in [0, 0.1) is 0 Å². The molecule has 5 nitrogen and oxygen atoms in total. The first-order valence-corrected chi connectivity index (χ1v) is 6.88. The number of rotatable bonds is 3. The fourth-order valence-electron chi connectivity index (χ4n) is 2.30. The van der Waals surface area contributed by atoms with E-state index in [1.165, 1.54) is 0 Å². The van der Waals surface area contributed by atoms with Crippen LogP contribution in [0.2, 0.25) is 0 Å². The van der Waals surface area contributed by atoms with Gasteiger partial charge >= 0.3 is 0 Å². The predicted molar refractivity (Wildman–Crippen MR) is 86.6 cm³/mol. The summed E-state index contributed by atoms with van der Waals surface area (Å²) in [7, 11) is 0. The second-order valence-corrected chi connectivity index (χ2v) is 4.99. The summed E-state index contributed by atoms with van der Waals surface area (Å²) in [5.41, 5.74) is 7.15. The van der Waals surface area contributed by atoms with Gasteiger partial charge in [-0.1, -0.05) is 30.3 Å². The molecule has 0 aliphatic rings. The first-order chi connectivity index (χ1) is 10.6. The van der Waals surface area contributed by atoms with Crippen molar-refractivity contribution in [1.29, 1.82) is 0 Å². The molecule has 22 heavy (non-hydrogen) atoms. The summed E-state index contributed by atoms with van der Waals surface area (Å²) in [6, 6.07) is 15.3. The molecule has 110 valence electrons. The summed E-state index contributed by atoms with van der Waals surface area (Å²) >= 11 is 0. The number of fused-ring (bicyclic) bond motifs is 1. The summed E-state index contributed by atoms with van der Waals surface area (Å²) < 4.78 is 0. The summed E-state index contributed by atoms with van der Waals surface area (Å²) in [4.78, 5) is 26.5. The summed E-state index contributed by atoms with van der Waals surface area (Å²) in [6.45, 7) is 0. The summed E-state index contributed by atoms with van der Waals surface area (Å²) in [5.74, 6) is -0.296. The highest BCUT2D eigenvalue weighted by Gasteiger charge is 2.15. The van der Waals surface area contributed by atoms with E-state index in [1.807, 2.05) is 30.3 Å². The molecule has 3 aromatic rings. The van der Waals surface area contributed by atoms with Crippen molar-refractivity contribution in [2.45, 2.75) is 6.04 Å². The van der Waals surface area contributed by atoms with Crippen LogP contribution >= 0.6 is 0 Å². The Morgan fingerprint density at radius 3 is 2.64 bits per heavy atom. The molecule has 0 fully saturated rings. The minimum absolute atomic E-state index is 0.156. The van der Waals surface area contributed by atoms with Crippen LogP contribution in [0.3, 0.4) is 0 Å². The number of benzene rings is 2. The molecule has 1 heterocycles. The lowest BCUT2D eigenvalue weighted by molar-refractivity contribution is -0.117. The maximum atomic E-state index is 12.2. The van der Waals surface area contributed by atoms with Crippen LogP contribution in [0.25, 0.3) is 10.8 Å². The first kappa shape index (κ1) is 14.0. The highest BCUT2D eigenvalue weighted by atomic mass is 16.2. The number of anilines is 1.